The first kappa shape index (κ1) is 19.8. The van der Waals surface area contributed by atoms with E-state index in [4.69, 9.17) is 0 Å². The van der Waals surface area contributed by atoms with Crippen molar-refractivity contribution in [3.05, 3.63) is 68.3 Å². The van der Waals surface area contributed by atoms with Gasteiger partial charge in [0.1, 0.15) is 0 Å². The van der Waals surface area contributed by atoms with E-state index in [1.54, 1.807) is 35.4 Å². The number of halogens is 1. The Hall–Kier alpha value is -2.51. The topological polar surface area (TPSA) is 57.7 Å². The molecule has 0 atom stereocenters. The van der Waals surface area contributed by atoms with Crippen LogP contribution in [0, 0.1) is 0 Å². The van der Waals surface area contributed by atoms with E-state index in [1.807, 2.05) is 35.7 Å². The summed E-state index contributed by atoms with van der Waals surface area (Å²) in [6.45, 7) is 0.776. The largest absolute Gasteiger partial charge is 0.341 e. The maximum atomic E-state index is 12.9. The fourth-order valence-corrected chi connectivity index (χ4v) is 5.12. The predicted molar refractivity (Wildman–Crippen MR) is 117 cm³/mol. The Balaban J connectivity index is 1.41. The van der Waals surface area contributed by atoms with Crippen LogP contribution in [-0.2, 0) is 11.3 Å². The molecular formula is C22H19BrN2O3S. The van der Waals surface area contributed by atoms with Gasteiger partial charge >= 0.3 is 0 Å². The smallest absolute Gasteiger partial charge is 0.261 e. The number of imide groups is 1. The average Bonchev–Trinajstić information content (AvgIpc) is 3.12. The van der Waals surface area contributed by atoms with E-state index in [1.165, 1.54) is 4.90 Å². The third kappa shape index (κ3) is 3.84. The number of thiophene rings is 1. The SMILES string of the molecule is CN(Cc1cc(Br)cs1)C(=O)CCCN1C(=O)c2cccc3cccc(c23)C1=O. The van der Waals surface area contributed by atoms with Crippen LogP contribution in [0.15, 0.2) is 52.3 Å². The summed E-state index contributed by atoms with van der Waals surface area (Å²) < 4.78 is 1.01. The van der Waals surface area contributed by atoms with Gasteiger partial charge in [0.25, 0.3) is 11.8 Å². The standard InChI is InChI=1S/C22H19BrN2O3S/c1-24(12-16-11-15(23)13-29-16)19(26)9-4-10-25-21(27)17-7-2-5-14-6-3-8-18(20(14)17)22(25)28/h2-3,5-8,11,13H,4,9-10,12H2,1H3. The molecule has 1 aliphatic heterocycles. The molecule has 0 saturated carbocycles. The molecule has 3 amide bonds. The molecule has 0 aliphatic carbocycles. The van der Waals surface area contributed by atoms with Crippen molar-refractivity contribution in [2.45, 2.75) is 19.4 Å². The molecule has 0 N–H and O–H groups in total. The number of hydrogen-bond donors (Lipinski definition) is 0. The van der Waals surface area contributed by atoms with E-state index in [2.05, 4.69) is 15.9 Å². The van der Waals surface area contributed by atoms with Gasteiger partial charge < -0.3 is 4.90 Å². The highest BCUT2D eigenvalue weighted by atomic mass is 79.9. The molecular weight excluding hydrogens is 452 g/mol. The molecule has 7 heteroatoms. The zero-order valence-electron chi connectivity index (χ0n) is 15.9. The van der Waals surface area contributed by atoms with E-state index >= 15 is 0 Å². The lowest BCUT2D eigenvalue weighted by molar-refractivity contribution is -0.130. The van der Waals surface area contributed by atoms with E-state index < -0.39 is 0 Å². The Morgan fingerprint density at radius 3 is 2.34 bits per heavy atom. The second-order valence-electron chi connectivity index (χ2n) is 7.06. The molecule has 4 rings (SSSR count). The summed E-state index contributed by atoms with van der Waals surface area (Å²) in [7, 11) is 1.77. The lowest BCUT2D eigenvalue weighted by Crippen LogP contribution is -2.41. The summed E-state index contributed by atoms with van der Waals surface area (Å²) in [6.07, 6.45) is 0.721. The summed E-state index contributed by atoms with van der Waals surface area (Å²) in [5.41, 5.74) is 1.09. The predicted octanol–water partition coefficient (Wildman–Crippen LogP) is 4.70. The molecule has 5 nitrogen and oxygen atoms in total. The minimum atomic E-state index is -0.288. The van der Waals surface area contributed by atoms with Crippen molar-refractivity contribution >= 4 is 55.8 Å². The Labute approximate surface area is 181 Å². The van der Waals surface area contributed by atoms with Gasteiger partial charge in [0, 0.05) is 51.3 Å². The van der Waals surface area contributed by atoms with Gasteiger partial charge in [-0.25, -0.2) is 0 Å². The molecule has 29 heavy (non-hydrogen) atoms. The molecule has 2 heterocycles. The molecule has 1 aliphatic rings. The van der Waals surface area contributed by atoms with Crippen LogP contribution in [0.1, 0.15) is 38.4 Å². The molecule has 148 valence electrons. The van der Waals surface area contributed by atoms with Crippen molar-refractivity contribution < 1.29 is 14.4 Å². The van der Waals surface area contributed by atoms with Crippen molar-refractivity contribution in [1.29, 1.82) is 0 Å². The van der Waals surface area contributed by atoms with E-state index in [0.717, 1.165) is 20.1 Å². The number of carbonyl (C=O) groups excluding carboxylic acids is 3. The fourth-order valence-electron chi connectivity index (χ4n) is 3.62. The first-order valence-electron chi connectivity index (χ1n) is 9.30. The minimum absolute atomic E-state index is 0.00562. The number of carbonyl (C=O) groups is 3. The van der Waals surface area contributed by atoms with Gasteiger partial charge in [-0.15, -0.1) is 11.3 Å². The number of hydrogen-bond acceptors (Lipinski definition) is 4. The van der Waals surface area contributed by atoms with Crippen LogP contribution in [0.3, 0.4) is 0 Å². The van der Waals surface area contributed by atoms with Crippen molar-refractivity contribution in [3.8, 4) is 0 Å². The van der Waals surface area contributed by atoms with Gasteiger partial charge in [-0.3, -0.25) is 19.3 Å². The Kier molecular flexibility index (Phi) is 5.52. The van der Waals surface area contributed by atoms with Crippen LogP contribution in [0.4, 0.5) is 0 Å². The lowest BCUT2D eigenvalue weighted by Gasteiger charge is -2.27. The number of amides is 3. The van der Waals surface area contributed by atoms with E-state index in [9.17, 15) is 14.4 Å². The zero-order chi connectivity index (χ0) is 20.5. The maximum absolute atomic E-state index is 12.9. The van der Waals surface area contributed by atoms with Crippen LogP contribution in [0.5, 0.6) is 0 Å². The average molecular weight is 471 g/mol. The molecule has 1 aromatic heterocycles. The molecule has 3 aromatic rings. The van der Waals surface area contributed by atoms with Crippen LogP contribution in [0.2, 0.25) is 0 Å². The zero-order valence-corrected chi connectivity index (χ0v) is 18.3. The summed E-state index contributed by atoms with van der Waals surface area (Å²) in [5, 5.41) is 3.59. The van der Waals surface area contributed by atoms with Gasteiger partial charge in [-0.05, 0) is 45.9 Å². The number of benzene rings is 2. The monoisotopic (exact) mass is 470 g/mol. The third-order valence-corrected chi connectivity index (χ3v) is 6.75. The summed E-state index contributed by atoms with van der Waals surface area (Å²) >= 11 is 5.01. The van der Waals surface area contributed by atoms with Gasteiger partial charge in [-0.2, -0.15) is 0 Å². The van der Waals surface area contributed by atoms with E-state index in [0.29, 0.717) is 24.1 Å². The van der Waals surface area contributed by atoms with E-state index in [-0.39, 0.29) is 30.7 Å². The van der Waals surface area contributed by atoms with Crippen LogP contribution in [0.25, 0.3) is 10.8 Å². The molecule has 0 unspecified atom stereocenters. The highest BCUT2D eigenvalue weighted by Gasteiger charge is 2.32. The normalized spacial score (nSPS) is 13.2. The lowest BCUT2D eigenvalue weighted by atomic mass is 9.94. The highest BCUT2D eigenvalue weighted by molar-refractivity contribution is 9.10. The Morgan fingerprint density at radius 2 is 1.76 bits per heavy atom. The fraction of sp³-hybridized carbons (Fsp3) is 0.227. The first-order chi connectivity index (χ1) is 14.0. The van der Waals surface area contributed by atoms with Crippen molar-refractivity contribution in [2.75, 3.05) is 13.6 Å². The summed E-state index contributed by atoms with van der Waals surface area (Å²) in [4.78, 5) is 42.2. The van der Waals surface area contributed by atoms with Gasteiger partial charge in [0.05, 0.1) is 6.54 Å². The number of nitrogens with zero attached hydrogens (tertiary/aromatic N) is 2. The molecule has 0 radical (unpaired) electrons. The number of rotatable bonds is 6. The van der Waals surface area contributed by atoms with Gasteiger partial charge in [0.2, 0.25) is 5.91 Å². The summed E-state index contributed by atoms with van der Waals surface area (Å²) in [6, 6.07) is 13.0. The Morgan fingerprint density at radius 1 is 1.10 bits per heavy atom. The molecule has 0 bridgehead atoms. The van der Waals surface area contributed by atoms with Crippen LogP contribution >= 0.6 is 27.3 Å². The highest BCUT2D eigenvalue weighted by Crippen LogP contribution is 2.30. The van der Waals surface area contributed by atoms with Gasteiger partial charge in [-0.1, -0.05) is 24.3 Å². The van der Waals surface area contributed by atoms with Gasteiger partial charge in [0.15, 0.2) is 0 Å². The molecule has 0 saturated heterocycles. The van der Waals surface area contributed by atoms with Crippen LogP contribution in [-0.4, -0.2) is 41.1 Å². The maximum Gasteiger partial charge on any atom is 0.261 e. The second kappa shape index (κ2) is 8.08. The van der Waals surface area contributed by atoms with Crippen LogP contribution < -0.4 is 0 Å². The molecule has 2 aromatic carbocycles. The van der Waals surface area contributed by atoms with Crippen molar-refractivity contribution in [3.63, 3.8) is 0 Å². The Bertz CT molecular complexity index is 1070. The quantitative estimate of drug-likeness (QED) is 0.490. The minimum Gasteiger partial charge on any atom is -0.341 e. The molecule has 0 spiro atoms. The first-order valence-corrected chi connectivity index (χ1v) is 11.0. The van der Waals surface area contributed by atoms with Crippen molar-refractivity contribution in [1.82, 2.24) is 9.80 Å². The third-order valence-electron chi connectivity index (χ3n) is 5.07. The summed E-state index contributed by atoms with van der Waals surface area (Å²) in [5.74, 6) is -0.582. The van der Waals surface area contributed by atoms with Crippen molar-refractivity contribution in [2.24, 2.45) is 0 Å². The molecule has 0 fully saturated rings. The second-order valence-corrected chi connectivity index (χ2v) is 8.97.